The average Bonchev–Trinajstić information content (AvgIpc) is 2.67. The van der Waals surface area contributed by atoms with E-state index >= 15 is 0 Å². The maximum atomic E-state index is 12.7. The van der Waals surface area contributed by atoms with Crippen molar-refractivity contribution in [1.82, 2.24) is 4.57 Å². The molecule has 1 unspecified atom stereocenters. The van der Waals surface area contributed by atoms with Crippen LogP contribution < -0.4 is 0 Å². The summed E-state index contributed by atoms with van der Waals surface area (Å²) in [6.07, 6.45) is 8.87. The van der Waals surface area contributed by atoms with Crippen LogP contribution in [0.15, 0.2) is 12.4 Å². The van der Waals surface area contributed by atoms with Crippen LogP contribution in [0.3, 0.4) is 0 Å². The fourth-order valence-electron chi connectivity index (χ4n) is 2.23. The van der Waals surface area contributed by atoms with Crippen molar-refractivity contribution in [3.05, 3.63) is 23.5 Å². The molecule has 0 N–H and O–H groups in total. The SMILES string of the molecule is CCCP(=O)(CC)Cc1cn(CCC=O)cc1C. The van der Waals surface area contributed by atoms with Crippen molar-refractivity contribution < 1.29 is 9.36 Å². The fourth-order valence-corrected chi connectivity index (χ4v) is 4.70. The summed E-state index contributed by atoms with van der Waals surface area (Å²) in [6, 6.07) is 0. The Labute approximate surface area is 110 Å². The fraction of sp³-hybridized carbons (Fsp3) is 0.643. The molecule has 0 aliphatic rings. The maximum Gasteiger partial charge on any atom is 0.121 e. The van der Waals surface area contributed by atoms with E-state index in [-0.39, 0.29) is 0 Å². The third-order valence-corrected chi connectivity index (χ3v) is 6.69. The first-order chi connectivity index (χ1) is 8.54. The van der Waals surface area contributed by atoms with Gasteiger partial charge in [0.1, 0.15) is 6.29 Å². The molecule has 0 saturated heterocycles. The predicted octanol–water partition coefficient (Wildman–Crippen LogP) is 3.68. The molecule has 3 nitrogen and oxygen atoms in total. The molecule has 0 saturated carbocycles. The molecular weight excluding hydrogens is 245 g/mol. The van der Waals surface area contributed by atoms with Crippen molar-refractivity contribution in [1.29, 1.82) is 0 Å². The molecule has 0 aliphatic heterocycles. The first kappa shape index (κ1) is 15.2. The number of hydrogen-bond donors (Lipinski definition) is 0. The highest BCUT2D eigenvalue weighted by molar-refractivity contribution is 7.63. The minimum atomic E-state index is -2.04. The Hall–Kier alpha value is -0.820. The quantitative estimate of drug-likeness (QED) is 0.533. The van der Waals surface area contributed by atoms with Gasteiger partial charge in [0.15, 0.2) is 0 Å². The van der Waals surface area contributed by atoms with Crippen molar-refractivity contribution in [2.45, 2.75) is 46.3 Å². The smallest absolute Gasteiger partial charge is 0.121 e. The second kappa shape index (κ2) is 6.94. The zero-order chi connectivity index (χ0) is 13.6. The van der Waals surface area contributed by atoms with Crippen LogP contribution in [0.25, 0.3) is 0 Å². The lowest BCUT2D eigenvalue weighted by Gasteiger charge is -2.15. The summed E-state index contributed by atoms with van der Waals surface area (Å²) in [7, 11) is -2.04. The number of aromatic nitrogens is 1. The van der Waals surface area contributed by atoms with Crippen LogP contribution in [0.1, 0.15) is 37.8 Å². The van der Waals surface area contributed by atoms with E-state index < -0.39 is 7.14 Å². The number of nitrogens with zero attached hydrogens (tertiary/aromatic N) is 1. The summed E-state index contributed by atoms with van der Waals surface area (Å²) in [4.78, 5) is 10.4. The number of aldehydes is 1. The van der Waals surface area contributed by atoms with Gasteiger partial charge in [0.05, 0.1) is 7.14 Å². The van der Waals surface area contributed by atoms with Gasteiger partial charge in [-0.3, -0.25) is 0 Å². The summed E-state index contributed by atoms with van der Waals surface area (Å²) in [5, 5.41) is 0. The Bertz CT molecular complexity index is 437. The average molecular weight is 269 g/mol. The minimum absolute atomic E-state index is 0.536. The van der Waals surface area contributed by atoms with Crippen molar-refractivity contribution >= 4 is 13.4 Å². The number of hydrogen-bond acceptors (Lipinski definition) is 2. The first-order valence-electron chi connectivity index (χ1n) is 6.70. The molecule has 102 valence electrons. The Morgan fingerprint density at radius 1 is 1.33 bits per heavy atom. The van der Waals surface area contributed by atoms with Crippen LogP contribution in [0, 0.1) is 6.92 Å². The van der Waals surface area contributed by atoms with Gasteiger partial charge in [-0.05, 0) is 30.6 Å². The molecule has 1 aromatic rings. The number of aryl methyl sites for hydroxylation is 2. The van der Waals surface area contributed by atoms with Crippen LogP contribution in [-0.4, -0.2) is 23.2 Å². The van der Waals surface area contributed by atoms with Gasteiger partial charge >= 0.3 is 0 Å². The van der Waals surface area contributed by atoms with Crippen molar-refractivity contribution in [2.24, 2.45) is 0 Å². The molecule has 0 spiro atoms. The molecule has 1 atom stereocenters. The zero-order valence-electron chi connectivity index (χ0n) is 11.7. The van der Waals surface area contributed by atoms with E-state index in [1.54, 1.807) is 0 Å². The minimum Gasteiger partial charge on any atom is -0.353 e. The Morgan fingerprint density at radius 2 is 2.06 bits per heavy atom. The van der Waals surface area contributed by atoms with Gasteiger partial charge in [-0.25, -0.2) is 0 Å². The van der Waals surface area contributed by atoms with E-state index in [1.165, 1.54) is 11.1 Å². The van der Waals surface area contributed by atoms with E-state index in [1.807, 2.05) is 17.7 Å². The number of rotatable bonds is 8. The van der Waals surface area contributed by atoms with Crippen molar-refractivity contribution in [2.75, 3.05) is 12.3 Å². The van der Waals surface area contributed by atoms with Gasteiger partial charge in [0, 0.05) is 37.7 Å². The standard InChI is InChI=1S/C14H24NO2P/c1-4-9-18(17,5-2)12-14-11-15(7-6-8-16)10-13(14)3/h8,10-11H,4-7,9,12H2,1-3H3. The third-order valence-electron chi connectivity index (χ3n) is 3.36. The van der Waals surface area contributed by atoms with Gasteiger partial charge in [-0.1, -0.05) is 13.8 Å². The summed E-state index contributed by atoms with van der Waals surface area (Å²) in [5.74, 6) is 0. The van der Waals surface area contributed by atoms with Crippen LogP contribution in [0.2, 0.25) is 0 Å². The van der Waals surface area contributed by atoms with Gasteiger partial charge in [0.2, 0.25) is 0 Å². The maximum absolute atomic E-state index is 12.7. The molecule has 0 bridgehead atoms. The van der Waals surface area contributed by atoms with Crippen molar-refractivity contribution in [3.63, 3.8) is 0 Å². The van der Waals surface area contributed by atoms with Crippen LogP contribution >= 0.6 is 7.14 Å². The third kappa shape index (κ3) is 4.13. The lowest BCUT2D eigenvalue weighted by molar-refractivity contribution is -0.108. The highest BCUT2D eigenvalue weighted by atomic mass is 31.2. The van der Waals surface area contributed by atoms with E-state index in [0.29, 0.717) is 19.1 Å². The first-order valence-corrected chi connectivity index (χ1v) is 8.97. The molecule has 0 aromatic carbocycles. The lowest BCUT2D eigenvalue weighted by Crippen LogP contribution is -1.97. The predicted molar refractivity (Wildman–Crippen MR) is 76.9 cm³/mol. The number of carbonyl (C=O) groups excluding carboxylic acids is 1. The Morgan fingerprint density at radius 3 is 2.61 bits per heavy atom. The van der Waals surface area contributed by atoms with E-state index in [4.69, 9.17) is 0 Å². The van der Waals surface area contributed by atoms with Crippen LogP contribution in [0.4, 0.5) is 0 Å². The molecule has 1 heterocycles. The van der Waals surface area contributed by atoms with Gasteiger partial charge in [-0.2, -0.15) is 0 Å². The highest BCUT2D eigenvalue weighted by Crippen LogP contribution is 2.49. The molecule has 0 radical (unpaired) electrons. The molecule has 0 amide bonds. The highest BCUT2D eigenvalue weighted by Gasteiger charge is 2.20. The van der Waals surface area contributed by atoms with Crippen molar-refractivity contribution in [3.8, 4) is 0 Å². The second-order valence-electron chi connectivity index (χ2n) is 4.92. The molecular formula is C14H24NO2P. The zero-order valence-corrected chi connectivity index (χ0v) is 12.6. The van der Waals surface area contributed by atoms with E-state index in [9.17, 15) is 9.36 Å². The molecule has 1 rings (SSSR count). The molecule has 0 fully saturated rings. The monoisotopic (exact) mass is 269 g/mol. The van der Waals surface area contributed by atoms with Crippen LogP contribution in [-0.2, 0) is 22.1 Å². The molecule has 0 aliphatic carbocycles. The summed E-state index contributed by atoms with van der Waals surface area (Å²) in [5.41, 5.74) is 2.37. The normalized spacial score (nSPS) is 14.4. The molecule has 1 aromatic heterocycles. The lowest BCUT2D eigenvalue weighted by atomic mass is 10.2. The second-order valence-corrected chi connectivity index (χ2v) is 8.43. The Kier molecular flexibility index (Phi) is 5.87. The van der Waals surface area contributed by atoms with E-state index in [2.05, 4.69) is 20.0 Å². The number of carbonyl (C=O) groups is 1. The topological polar surface area (TPSA) is 39.1 Å². The summed E-state index contributed by atoms with van der Waals surface area (Å²) >= 11 is 0. The summed E-state index contributed by atoms with van der Waals surface area (Å²) in [6.45, 7) is 6.88. The molecule has 4 heteroatoms. The van der Waals surface area contributed by atoms with Gasteiger partial charge < -0.3 is 13.9 Å². The van der Waals surface area contributed by atoms with E-state index in [0.717, 1.165) is 25.0 Å². The van der Waals surface area contributed by atoms with Gasteiger partial charge in [0.25, 0.3) is 0 Å². The van der Waals surface area contributed by atoms with Gasteiger partial charge in [-0.15, -0.1) is 0 Å². The largest absolute Gasteiger partial charge is 0.353 e. The molecule has 18 heavy (non-hydrogen) atoms. The van der Waals surface area contributed by atoms with Crippen LogP contribution in [0.5, 0.6) is 0 Å². The Balaban J connectivity index is 2.80. The summed E-state index contributed by atoms with van der Waals surface area (Å²) < 4.78 is 14.7.